The molecule has 1 aromatic carbocycles. The van der Waals surface area contributed by atoms with Crippen LogP contribution in [0, 0.1) is 6.92 Å². The van der Waals surface area contributed by atoms with Gasteiger partial charge in [0.25, 0.3) is 0 Å². The molecule has 1 aliphatic rings. The first kappa shape index (κ1) is 12.3. The van der Waals surface area contributed by atoms with Gasteiger partial charge in [0.1, 0.15) is 11.8 Å². The van der Waals surface area contributed by atoms with Crippen LogP contribution in [0.5, 0.6) is 0 Å². The summed E-state index contributed by atoms with van der Waals surface area (Å²) in [4.78, 5) is 0. The maximum absolute atomic E-state index is 9.42. The third kappa shape index (κ3) is 2.27. The molecule has 3 rings (SSSR count). The average Bonchev–Trinajstić information content (AvgIpc) is 3.07. The fourth-order valence-corrected chi connectivity index (χ4v) is 2.50. The number of aliphatic hydroxyl groups excluding tert-OH is 1. The van der Waals surface area contributed by atoms with Crippen LogP contribution in [0.1, 0.15) is 35.9 Å². The SMILES string of the molecule is Cc1cccc(-n2nnc(CO)c2C2CCCO2)c1. The smallest absolute Gasteiger partial charge is 0.114 e. The van der Waals surface area contributed by atoms with Crippen molar-refractivity contribution in [2.75, 3.05) is 6.61 Å². The number of nitrogens with zero attached hydrogens (tertiary/aromatic N) is 3. The Balaban J connectivity index is 2.08. The molecule has 5 heteroatoms. The summed E-state index contributed by atoms with van der Waals surface area (Å²) in [6.45, 7) is 2.69. The molecule has 1 aliphatic heterocycles. The first-order valence-corrected chi connectivity index (χ1v) is 6.53. The standard InChI is InChI=1S/C14H17N3O2/c1-10-4-2-5-11(8-10)17-14(12(9-18)15-16-17)13-6-3-7-19-13/h2,4-5,8,13,18H,3,6-7,9H2,1H3. The lowest BCUT2D eigenvalue weighted by Gasteiger charge is -2.13. The highest BCUT2D eigenvalue weighted by atomic mass is 16.5. The van der Waals surface area contributed by atoms with Crippen molar-refractivity contribution in [1.29, 1.82) is 0 Å². The summed E-state index contributed by atoms with van der Waals surface area (Å²) in [6.07, 6.45) is 1.97. The molecule has 1 N–H and O–H groups in total. The Morgan fingerprint density at radius 1 is 1.47 bits per heavy atom. The number of hydrogen-bond acceptors (Lipinski definition) is 4. The van der Waals surface area contributed by atoms with Crippen molar-refractivity contribution in [3.63, 3.8) is 0 Å². The van der Waals surface area contributed by atoms with Crippen LogP contribution in [0.4, 0.5) is 0 Å². The number of rotatable bonds is 3. The molecular formula is C14H17N3O2. The summed E-state index contributed by atoms with van der Waals surface area (Å²) in [5.74, 6) is 0. The van der Waals surface area contributed by atoms with Crippen molar-refractivity contribution >= 4 is 0 Å². The largest absolute Gasteiger partial charge is 0.390 e. The van der Waals surface area contributed by atoms with E-state index in [1.807, 2.05) is 31.2 Å². The van der Waals surface area contributed by atoms with E-state index in [-0.39, 0.29) is 12.7 Å². The van der Waals surface area contributed by atoms with Crippen LogP contribution in [-0.2, 0) is 11.3 Å². The number of hydrogen-bond donors (Lipinski definition) is 1. The van der Waals surface area contributed by atoms with E-state index in [9.17, 15) is 5.11 Å². The molecule has 0 radical (unpaired) electrons. The molecule has 2 heterocycles. The fourth-order valence-electron chi connectivity index (χ4n) is 2.50. The first-order valence-electron chi connectivity index (χ1n) is 6.53. The van der Waals surface area contributed by atoms with Crippen LogP contribution < -0.4 is 0 Å². The van der Waals surface area contributed by atoms with Gasteiger partial charge in [0.2, 0.25) is 0 Å². The van der Waals surface area contributed by atoms with Crippen molar-refractivity contribution in [2.45, 2.75) is 32.5 Å². The van der Waals surface area contributed by atoms with Gasteiger partial charge in [0, 0.05) is 6.61 Å². The minimum atomic E-state index is -0.110. The van der Waals surface area contributed by atoms with Gasteiger partial charge in [-0.15, -0.1) is 5.10 Å². The molecule has 1 atom stereocenters. The topological polar surface area (TPSA) is 60.2 Å². The summed E-state index contributed by atoms with van der Waals surface area (Å²) in [5.41, 5.74) is 3.61. The highest BCUT2D eigenvalue weighted by Crippen LogP contribution is 2.31. The molecule has 0 amide bonds. The van der Waals surface area contributed by atoms with E-state index >= 15 is 0 Å². The molecule has 0 bridgehead atoms. The number of benzene rings is 1. The van der Waals surface area contributed by atoms with Crippen molar-refractivity contribution in [3.05, 3.63) is 41.2 Å². The van der Waals surface area contributed by atoms with Gasteiger partial charge in [-0.3, -0.25) is 0 Å². The molecule has 0 aliphatic carbocycles. The molecule has 2 aromatic rings. The summed E-state index contributed by atoms with van der Waals surface area (Å²) in [6, 6.07) is 8.07. The Bertz CT molecular complexity index is 574. The number of aliphatic hydroxyl groups is 1. The fraction of sp³-hybridized carbons (Fsp3) is 0.429. The van der Waals surface area contributed by atoms with E-state index in [4.69, 9.17) is 4.74 Å². The van der Waals surface area contributed by atoms with E-state index < -0.39 is 0 Å². The lowest BCUT2D eigenvalue weighted by atomic mass is 10.1. The predicted octanol–water partition coefficient (Wildman–Crippen LogP) is 1.92. The van der Waals surface area contributed by atoms with Crippen LogP contribution in [0.2, 0.25) is 0 Å². The highest BCUT2D eigenvalue weighted by Gasteiger charge is 2.26. The second-order valence-corrected chi connectivity index (χ2v) is 4.83. The van der Waals surface area contributed by atoms with E-state index in [0.717, 1.165) is 36.4 Å². The third-order valence-corrected chi connectivity index (χ3v) is 3.41. The van der Waals surface area contributed by atoms with Crippen LogP contribution in [-0.4, -0.2) is 26.7 Å². The van der Waals surface area contributed by atoms with Gasteiger partial charge in [-0.05, 0) is 37.5 Å². The van der Waals surface area contributed by atoms with Gasteiger partial charge in [0.15, 0.2) is 0 Å². The second-order valence-electron chi connectivity index (χ2n) is 4.83. The lowest BCUT2D eigenvalue weighted by Crippen LogP contribution is -2.09. The van der Waals surface area contributed by atoms with Crippen LogP contribution >= 0.6 is 0 Å². The maximum Gasteiger partial charge on any atom is 0.114 e. The zero-order valence-electron chi connectivity index (χ0n) is 10.9. The number of aryl methyl sites for hydroxylation is 1. The molecule has 0 spiro atoms. The minimum Gasteiger partial charge on any atom is -0.390 e. The Morgan fingerprint density at radius 2 is 2.37 bits per heavy atom. The van der Waals surface area contributed by atoms with Gasteiger partial charge in [-0.1, -0.05) is 17.3 Å². The number of aromatic nitrogens is 3. The van der Waals surface area contributed by atoms with Gasteiger partial charge in [0.05, 0.1) is 18.0 Å². The molecule has 1 fully saturated rings. The van der Waals surface area contributed by atoms with Gasteiger partial charge in [-0.2, -0.15) is 0 Å². The highest BCUT2D eigenvalue weighted by molar-refractivity contribution is 5.37. The van der Waals surface area contributed by atoms with E-state index in [1.165, 1.54) is 0 Å². The third-order valence-electron chi connectivity index (χ3n) is 3.41. The van der Waals surface area contributed by atoms with Crippen LogP contribution in [0.3, 0.4) is 0 Å². The van der Waals surface area contributed by atoms with Crippen molar-refractivity contribution < 1.29 is 9.84 Å². The second kappa shape index (κ2) is 5.11. The zero-order chi connectivity index (χ0) is 13.2. The molecule has 1 unspecified atom stereocenters. The van der Waals surface area contributed by atoms with Gasteiger partial charge in [-0.25, -0.2) is 4.68 Å². The van der Waals surface area contributed by atoms with Crippen LogP contribution in [0.25, 0.3) is 5.69 Å². The maximum atomic E-state index is 9.42. The molecule has 100 valence electrons. The molecule has 1 aromatic heterocycles. The van der Waals surface area contributed by atoms with E-state index in [0.29, 0.717) is 5.69 Å². The lowest BCUT2D eigenvalue weighted by molar-refractivity contribution is 0.104. The monoisotopic (exact) mass is 259 g/mol. The van der Waals surface area contributed by atoms with Crippen molar-refractivity contribution in [3.8, 4) is 5.69 Å². The molecule has 19 heavy (non-hydrogen) atoms. The summed E-state index contributed by atoms with van der Waals surface area (Å²) >= 11 is 0. The first-order chi connectivity index (χ1) is 9.29. The Hall–Kier alpha value is -1.72. The molecular weight excluding hydrogens is 242 g/mol. The van der Waals surface area contributed by atoms with Crippen molar-refractivity contribution in [1.82, 2.24) is 15.0 Å². The van der Waals surface area contributed by atoms with Crippen LogP contribution in [0.15, 0.2) is 24.3 Å². The summed E-state index contributed by atoms with van der Waals surface area (Å²) < 4.78 is 7.51. The normalized spacial score (nSPS) is 18.9. The predicted molar refractivity (Wildman–Crippen MR) is 69.9 cm³/mol. The Morgan fingerprint density at radius 3 is 3.05 bits per heavy atom. The molecule has 1 saturated heterocycles. The molecule has 5 nitrogen and oxygen atoms in total. The Kier molecular flexibility index (Phi) is 3.31. The van der Waals surface area contributed by atoms with Gasteiger partial charge < -0.3 is 9.84 Å². The van der Waals surface area contributed by atoms with E-state index in [1.54, 1.807) is 4.68 Å². The number of ether oxygens (including phenoxy) is 1. The van der Waals surface area contributed by atoms with E-state index in [2.05, 4.69) is 10.3 Å². The zero-order valence-corrected chi connectivity index (χ0v) is 10.9. The van der Waals surface area contributed by atoms with Crippen molar-refractivity contribution in [2.24, 2.45) is 0 Å². The Labute approximate surface area is 111 Å². The summed E-state index contributed by atoms with van der Waals surface area (Å²) in [5, 5.41) is 17.7. The molecule has 0 saturated carbocycles. The quantitative estimate of drug-likeness (QED) is 0.914. The minimum absolute atomic E-state index is 0.0161. The summed E-state index contributed by atoms with van der Waals surface area (Å²) in [7, 11) is 0. The average molecular weight is 259 g/mol. The van der Waals surface area contributed by atoms with Gasteiger partial charge >= 0.3 is 0 Å².